The molecule has 1 rings (SSSR count). The zero-order valence-corrected chi connectivity index (χ0v) is 7.98. The summed E-state index contributed by atoms with van der Waals surface area (Å²) in [6.45, 7) is 6.60. The van der Waals surface area contributed by atoms with E-state index < -0.39 is 0 Å². The molecule has 1 heterocycles. The van der Waals surface area contributed by atoms with Gasteiger partial charge in [0, 0.05) is 13.0 Å². The molecule has 1 unspecified atom stereocenters. The molecule has 1 atom stereocenters. The fourth-order valence-electron chi connectivity index (χ4n) is 1.87. The molecule has 4 N–H and O–H groups in total. The predicted molar refractivity (Wildman–Crippen MR) is 51.3 cm³/mol. The number of piperidine rings is 1. The number of nitrogens with two attached hydrogens (primary N) is 1. The molecule has 0 amide bonds. The molecule has 0 spiro atoms. The minimum absolute atomic E-state index is 0.296. The Kier molecular flexibility index (Phi) is 2.73. The second-order valence-electron chi connectivity index (χ2n) is 4.38. The average Bonchev–Trinajstić information content (AvgIpc) is 1.92. The van der Waals surface area contributed by atoms with E-state index in [2.05, 4.69) is 19.2 Å². The quantitative estimate of drug-likeness (QED) is 0.425. The first-order valence-electron chi connectivity index (χ1n) is 4.56. The van der Waals surface area contributed by atoms with Crippen molar-refractivity contribution in [2.75, 3.05) is 13.1 Å². The lowest BCUT2D eigenvalue weighted by Crippen LogP contribution is -2.44. The molecule has 3 heteroatoms. The largest absolute Gasteiger partial charge is 0.388 e. The van der Waals surface area contributed by atoms with Crippen molar-refractivity contribution in [1.82, 2.24) is 5.32 Å². The average molecular weight is 169 g/mol. The van der Waals surface area contributed by atoms with Gasteiger partial charge in [0.25, 0.3) is 0 Å². The fourth-order valence-corrected chi connectivity index (χ4v) is 1.87. The van der Waals surface area contributed by atoms with Crippen LogP contribution < -0.4 is 11.1 Å². The van der Waals surface area contributed by atoms with Crippen LogP contribution in [0.2, 0.25) is 0 Å². The van der Waals surface area contributed by atoms with E-state index in [-0.39, 0.29) is 0 Å². The van der Waals surface area contributed by atoms with Crippen molar-refractivity contribution >= 4 is 5.84 Å². The summed E-state index contributed by atoms with van der Waals surface area (Å²) in [4.78, 5) is 0. The lowest BCUT2D eigenvalue weighted by atomic mass is 9.73. The molecule has 12 heavy (non-hydrogen) atoms. The van der Waals surface area contributed by atoms with Crippen LogP contribution in [0.3, 0.4) is 0 Å². The van der Waals surface area contributed by atoms with Gasteiger partial charge in [0.1, 0.15) is 0 Å². The Balaban J connectivity index is 2.54. The summed E-state index contributed by atoms with van der Waals surface area (Å²) in [5, 5.41) is 10.6. The molecule has 0 saturated carbocycles. The Morgan fingerprint density at radius 3 is 2.83 bits per heavy atom. The van der Waals surface area contributed by atoms with E-state index >= 15 is 0 Å². The maximum Gasteiger partial charge on any atom is 0.0908 e. The van der Waals surface area contributed by atoms with Gasteiger partial charge in [0.15, 0.2) is 0 Å². The van der Waals surface area contributed by atoms with Gasteiger partial charge in [-0.1, -0.05) is 13.8 Å². The van der Waals surface area contributed by atoms with E-state index in [9.17, 15) is 0 Å². The van der Waals surface area contributed by atoms with Gasteiger partial charge in [0.05, 0.1) is 5.84 Å². The van der Waals surface area contributed by atoms with Crippen molar-refractivity contribution in [3.63, 3.8) is 0 Å². The Hall–Kier alpha value is -0.570. The maximum absolute atomic E-state index is 7.26. The molecular formula is C9H19N3. The lowest BCUT2D eigenvalue weighted by Gasteiger charge is -2.38. The zero-order chi connectivity index (χ0) is 9.19. The van der Waals surface area contributed by atoms with Crippen LogP contribution in [0.25, 0.3) is 0 Å². The lowest BCUT2D eigenvalue weighted by molar-refractivity contribution is 0.161. The molecular weight excluding hydrogens is 150 g/mol. The third kappa shape index (κ3) is 2.21. The Morgan fingerprint density at radius 1 is 1.67 bits per heavy atom. The third-order valence-corrected chi connectivity index (χ3v) is 2.82. The first-order chi connectivity index (χ1) is 5.52. The van der Waals surface area contributed by atoms with Crippen molar-refractivity contribution < 1.29 is 0 Å². The highest BCUT2D eigenvalue weighted by molar-refractivity contribution is 5.77. The van der Waals surface area contributed by atoms with Crippen LogP contribution in [0.5, 0.6) is 0 Å². The van der Waals surface area contributed by atoms with E-state index in [0.29, 0.717) is 17.2 Å². The summed E-state index contributed by atoms with van der Waals surface area (Å²) in [7, 11) is 0. The van der Waals surface area contributed by atoms with Crippen LogP contribution in [0, 0.1) is 16.7 Å². The predicted octanol–water partition coefficient (Wildman–Crippen LogP) is 0.948. The van der Waals surface area contributed by atoms with E-state index in [1.807, 2.05) is 0 Å². The number of amidine groups is 1. The van der Waals surface area contributed by atoms with Crippen molar-refractivity contribution in [3.05, 3.63) is 0 Å². The standard InChI is InChI=1S/C9H19N3/c1-9(2)6-12-4-3-7(9)5-8(10)11/h7,12H,3-6H2,1-2H3,(H3,10,11). The molecule has 1 fully saturated rings. The second-order valence-corrected chi connectivity index (χ2v) is 4.38. The zero-order valence-electron chi connectivity index (χ0n) is 7.98. The summed E-state index contributed by atoms with van der Waals surface area (Å²) in [6, 6.07) is 0. The third-order valence-electron chi connectivity index (χ3n) is 2.82. The highest BCUT2D eigenvalue weighted by Crippen LogP contribution is 2.33. The molecule has 1 saturated heterocycles. The molecule has 0 aromatic heterocycles. The number of hydrogen-bond donors (Lipinski definition) is 3. The van der Waals surface area contributed by atoms with Gasteiger partial charge < -0.3 is 11.1 Å². The van der Waals surface area contributed by atoms with Gasteiger partial charge in [-0.3, -0.25) is 5.41 Å². The highest BCUT2D eigenvalue weighted by atomic mass is 14.9. The second kappa shape index (κ2) is 3.44. The summed E-state index contributed by atoms with van der Waals surface area (Å²) in [6.07, 6.45) is 1.90. The first kappa shape index (κ1) is 9.52. The van der Waals surface area contributed by atoms with Gasteiger partial charge in [0.2, 0.25) is 0 Å². The number of rotatable bonds is 2. The molecule has 1 aliphatic heterocycles. The first-order valence-corrected chi connectivity index (χ1v) is 4.56. The highest BCUT2D eigenvalue weighted by Gasteiger charge is 2.32. The molecule has 1 aliphatic rings. The van der Waals surface area contributed by atoms with E-state index in [0.717, 1.165) is 25.9 Å². The molecule has 0 aliphatic carbocycles. The summed E-state index contributed by atoms with van der Waals surface area (Å²) >= 11 is 0. The Labute approximate surface area is 74.2 Å². The van der Waals surface area contributed by atoms with Crippen LogP contribution in [0.4, 0.5) is 0 Å². The van der Waals surface area contributed by atoms with Crippen LogP contribution in [0.1, 0.15) is 26.7 Å². The smallest absolute Gasteiger partial charge is 0.0908 e. The molecule has 3 nitrogen and oxygen atoms in total. The van der Waals surface area contributed by atoms with Crippen molar-refractivity contribution in [3.8, 4) is 0 Å². The van der Waals surface area contributed by atoms with E-state index in [1.165, 1.54) is 0 Å². The van der Waals surface area contributed by atoms with Crippen molar-refractivity contribution in [2.45, 2.75) is 26.7 Å². The molecule has 0 aromatic rings. The number of hydrogen-bond acceptors (Lipinski definition) is 2. The number of nitrogens with one attached hydrogen (secondary N) is 2. The molecule has 0 aromatic carbocycles. The topological polar surface area (TPSA) is 61.9 Å². The van der Waals surface area contributed by atoms with Gasteiger partial charge in [-0.05, 0) is 24.3 Å². The van der Waals surface area contributed by atoms with Gasteiger partial charge in [-0.15, -0.1) is 0 Å². The van der Waals surface area contributed by atoms with Crippen LogP contribution >= 0.6 is 0 Å². The van der Waals surface area contributed by atoms with Gasteiger partial charge in [-0.25, -0.2) is 0 Å². The van der Waals surface area contributed by atoms with Crippen LogP contribution in [-0.2, 0) is 0 Å². The van der Waals surface area contributed by atoms with E-state index in [4.69, 9.17) is 11.1 Å². The fraction of sp³-hybridized carbons (Fsp3) is 0.889. The summed E-state index contributed by atoms with van der Waals surface area (Å²) in [5.41, 5.74) is 5.70. The minimum Gasteiger partial charge on any atom is -0.388 e. The molecule has 0 bridgehead atoms. The van der Waals surface area contributed by atoms with Crippen LogP contribution in [0.15, 0.2) is 0 Å². The summed E-state index contributed by atoms with van der Waals surface area (Å²) in [5.74, 6) is 0.909. The van der Waals surface area contributed by atoms with Crippen molar-refractivity contribution in [2.24, 2.45) is 17.1 Å². The van der Waals surface area contributed by atoms with Gasteiger partial charge >= 0.3 is 0 Å². The summed E-state index contributed by atoms with van der Waals surface area (Å²) < 4.78 is 0. The normalized spacial score (nSPS) is 28.3. The Bertz CT molecular complexity index is 175. The SMILES string of the molecule is CC1(C)CNCCC1CC(=N)N. The van der Waals surface area contributed by atoms with E-state index in [1.54, 1.807) is 0 Å². The maximum atomic E-state index is 7.26. The Morgan fingerprint density at radius 2 is 2.33 bits per heavy atom. The van der Waals surface area contributed by atoms with Crippen LogP contribution in [-0.4, -0.2) is 18.9 Å². The minimum atomic E-state index is 0.296. The van der Waals surface area contributed by atoms with Crippen molar-refractivity contribution in [1.29, 1.82) is 5.41 Å². The monoisotopic (exact) mass is 169 g/mol. The van der Waals surface area contributed by atoms with Gasteiger partial charge in [-0.2, -0.15) is 0 Å². The molecule has 70 valence electrons. The molecule has 0 radical (unpaired) electrons.